The van der Waals surface area contributed by atoms with Gasteiger partial charge in [-0.05, 0) is 25.1 Å². The van der Waals surface area contributed by atoms with E-state index in [0.29, 0.717) is 0 Å². The summed E-state index contributed by atoms with van der Waals surface area (Å²) in [5.41, 5.74) is 0.185. The molecule has 4 nitrogen and oxygen atoms in total. The average Bonchev–Trinajstić information content (AvgIpc) is 2.38. The Morgan fingerprint density at radius 2 is 2.39 bits per heavy atom. The number of carbonyl (C=O) groups excluding carboxylic acids is 1. The molecule has 18 heavy (non-hydrogen) atoms. The van der Waals surface area contributed by atoms with Crippen LogP contribution >= 0.6 is 0 Å². The lowest BCUT2D eigenvalue weighted by Gasteiger charge is -2.14. The van der Waals surface area contributed by atoms with Gasteiger partial charge in [0.05, 0.1) is 18.2 Å². The summed E-state index contributed by atoms with van der Waals surface area (Å²) >= 11 is 0. The number of nitriles is 1. The van der Waals surface area contributed by atoms with E-state index in [9.17, 15) is 9.18 Å². The largest absolute Gasteiger partial charge is 0.478 e. The molecule has 5 heteroatoms. The maximum absolute atomic E-state index is 13.5. The predicted octanol–water partition coefficient (Wildman–Crippen LogP) is 1.21. The first kappa shape index (κ1) is 13.5. The lowest BCUT2D eigenvalue weighted by atomic mass is 10.2. The van der Waals surface area contributed by atoms with Crippen molar-refractivity contribution in [2.45, 2.75) is 13.0 Å². The molecule has 1 aromatic carbocycles. The Kier molecular flexibility index (Phi) is 4.71. The van der Waals surface area contributed by atoms with Crippen molar-refractivity contribution in [2.75, 3.05) is 6.54 Å². The SMILES string of the molecule is C#CCNC(=O)C(C)Oc1ccc(C#N)cc1F. The molecule has 1 atom stereocenters. The minimum atomic E-state index is -0.874. The normalized spacial score (nSPS) is 10.9. The second-order valence-corrected chi connectivity index (χ2v) is 3.44. The number of benzene rings is 1. The van der Waals surface area contributed by atoms with Gasteiger partial charge >= 0.3 is 0 Å². The Morgan fingerprint density at radius 1 is 1.67 bits per heavy atom. The third kappa shape index (κ3) is 3.50. The predicted molar refractivity (Wildman–Crippen MR) is 63.0 cm³/mol. The Labute approximate surface area is 104 Å². The Morgan fingerprint density at radius 3 is 2.94 bits per heavy atom. The van der Waals surface area contributed by atoms with Crippen LogP contribution in [0.5, 0.6) is 5.75 Å². The van der Waals surface area contributed by atoms with Crippen molar-refractivity contribution in [2.24, 2.45) is 0 Å². The van der Waals surface area contributed by atoms with E-state index in [1.165, 1.54) is 19.1 Å². The first-order valence-electron chi connectivity index (χ1n) is 5.16. The van der Waals surface area contributed by atoms with E-state index in [-0.39, 0.29) is 17.9 Å². The molecule has 0 heterocycles. The van der Waals surface area contributed by atoms with Crippen LogP contribution in [0.4, 0.5) is 4.39 Å². The van der Waals surface area contributed by atoms with Crippen LogP contribution in [0.1, 0.15) is 12.5 Å². The maximum Gasteiger partial charge on any atom is 0.261 e. The maximum atomic E-state index is 13.5. The molecule has 0 aromatic heterocycles. The molecule has 92 valence electrons. The van der Waals surface area contributed by atoms with Gasteiger partial charge in [0.1, 0.15) is 0 Å². The molecule has 1 rings (SSSR count). The van der Waals surface area contributed by atoms with Gasteiger partial charge in [-0.3, -0.25) is 4.79 Å². The van der Waals surface area contributed by atoms with Gasteiger partial charge in [0.15, 0.2) is 17.7 Å². The van der Waals surface area contributed by atoms with E-state index >= 15 is 0 Å². The van der Waals surface area contributed by atoms with E-state index in [1.807, 2.05) is 0 Å². The molecule has 0 aliphatic heterocycles. The third-order valence-corrected chi connectivity index (χ3v) is 2.10. The number of nitrogens with one attached hydrogen (secondary N) is 1. The molecule has 1 amide bonds. The molecular formula is C13H11FN2O2. The van der Waals surface area contributed by atoms with Gasteiger partial charge in [0.2, 0.25) is 0 Å². The highest BCUT2D eigenvalue weighted by Crippen LogP contribution is 2.19. The van der Waals surface area contributed by atoms with Crippen molar-refractivity contribution in [3.05, 3.63) is 29.6 Å². The molecule has 0 spiro atoms. The summed E-state index contributed by atoms with van der Waals surface area (Å²) in [5.74, 6) is 1.04. The van der Waals surface area contributed by atoms with E-state index in [4.69, 9.17) is 16.4 Å². The van der Waals surface area contributed by atoms with Crippen molar-refractivity contribution in [1.29, 1.82) is 5.26 Å². The quantitative estimate of drug-likeness (QED) is 0.812. The van der Waals surface area contributed by atoms with Gasteiger partial charge in [-0.2, -0.15) is 5.26 Å². The lowest BCUT2D eigenvalue weighted by Crippen LogP contribution is -2.36. The number of terminal acetylenes is 1. The molecule has 1 N–H and O–H groups in total. The molecule has 0 aliphatic rings. The minimum Gasteiger partial charge on any atom is -0.478 e. The standard InChI is InChI=1S/C13H11FN2O2/c1-3-6-16-13(17)9(2)18-12-5-4-10(8-15)7-11(12)14/h1,4-5,7,9H,6H2,2H3,(H,16,17). The van der Waals surface area contributed by atoms with Gasteiger partial charge in [-0.15, -0.1) is 6.42 Å². The van der Waals surface area contributed by atoms with Crippen molar-refractivity contribution in [3.8, 4) is 24.2 Å². The fourth-order valence-electron chi connectivity index (χ4n) is 1.19. The second-order valence-electron chi connectivity index (χ2n) is 3.44. The molecule has 1 aromatic rings. The van der Waals surface area contributed by atoms with Gasteiger partial charge < -0.3 is 10.1 Å². The molecule has 0 saturated heterocycles. The zero-order chi connectivity index (χ0) is 13.5. The van der Waals surface area contributed by atoms with Crippen LogP contribution in [0, 0.1) is 29.5 Å². The number of nitrogens with zero attached hydrogens (tertiary/aromatic N) is 1. The first-order valence-corrected chi connectivity index (χ1v) is 5.16. The summed E-state index contributed by atoms with van der Waals surface area (Å²) in [7, 11) is 0. The van der Waals surface area contributed by atoms with Gasteiger partial charge in [-0.25, -0.2) is 4.39 Å². The Bertz CT molecular complexity index is 529. The van der Waals surface area contributed by atoms with E-state index in [0.717, 1.165) is 6.07 Å². The summed E-state index contributed by atoms with van der Waals surface area (Å²) in [6.07, 6.45) is 4.12. The number of halogens is 1. The lowest BCUT2D eigenvalue weighted by molar-refractivity contribution is -0.127. The van der Waals surface area contributed by atoms with Crippen molar-refractivity contribution in [3.63, 3.8) is 0 Å². The van der Waals surface area contributed by atoms with E-state index < -0.39 is 17.8 Å². The van der Waals surface area contributed by atoms with Crippen LogP contribution < -0.4 is 10.1 Å². The van der Waals surface area contributed by atoms with Crippen LogP contribution in [0.3, 0.4) is 0 Å². The highest BCUT2D eigenvalue weighted by molar-refractivity contribution is 5.80. The Balaban J connectivity index is 2.71. The topological polar surface area (TPSA) is 62.1 Å². The van der Waals surface area contributed by atoms with Gasteiger partial charge in [-0.1, -0.05) is 5.92 Å². The number of hydrogen-bond acceptors (Lipinski definition) is 3. The molecule has 0 saturated carbocycles. The summed E-state index contributed by atoms with van der Waals surface area (Å²) in [5, 5.41) is 11.0. The zero-order valence-electron chi connectivity index (χ0n) is 9.74. The highest BCUT2D eigenvalue weighted by atomic mass is 19.1. The highest BCUT2D eigenvalue weighted by Gasteiger charge is 2.16. The monoisotopic (exact) mass is 246 g/mol. The van der Waals surface area contributed by atoms with Crippen molar-refractivity contribution < 1.29 is 13.9 Å². The van der Waals surface area contributed by atoms with Crippen molar-refractivity contribution in [1.82, 2.24) is 5.32 Å². The molecular weight excluding hydrogens is 235 g/mol. The fourth-order valence-corrected chi connectivity index (χ4v) is 1.19. The third-order valence-electron chi connectivity index (χ3n) is 2.10. The van der Waals surface area contributed by atoms with Crippen LogP contribution in [-0.2, 0) is 4.79 Å². The minimum absolute atomic E-state index is 0.0857. The van der Waals surface area contributed by atoms with Crippen LogP contribution in [0.2, 0.25) is 0 Å². The molecule has 0 radical (unpaired) electrons. The number of amides is 1. The number of rotatable bonds is 4. The molecule has 1 unspecified atom stereocenters. The number of ether oxygens (including phenoxy) is 1. The first-order chi connectivity index (χ1) is 8.58. The fraction of sp³-hybridized carbons (Fsp3) is 0.231. The van der Waals surface area contributed by atoms with Gasteiger partial charge in [0, 0.05) is 0 Å². The molecule has 0 aliphatic carbocycles. The number of hydrogen-bond donors (Lipinski definition) is 1. The van der Waals surface area contributed by atoms with Crippen LogP contribution in [0.25, 0.3) is 0 Å². The number of carbonyl (C=O) groups is 1. The van der Waals surface area contributed by atoms with Crippen LogP contribution in [-0.4, -0.2) is 18.6 Å². The smallest absolute Gasteiger partial charge is 0.261 e. The molecule has 0 bridgehead atoms. The molecule has 0 fully saturated rings. The van der Waals surface area contributed by atoms with Crippen molar-refractivity contribution >= 4 is 5.91 Å². The summed E-state index contributed by atoms with van der Waals surface area (Å²) < 4.78 is 18.6. The summed E-state index contributed by atoms with van der Waals surface area (Å²) in [6.45, 7) is 1.56. The Hall–Kier alpha value is -2.53. The summed E-state index contributed by atoms with van der Waals surface area (Å²) in [4.78, 5) is 11.4. The van der Waals surface area contributed by atoms with Crippen LogP contribution in [0.15, 0.2) is 18.2 Å². The van der Waals surface area contributed by atoms with Gasteiger partial charge in [0.25, 0.3) is 5.91 Å². The second kappa shape index (κ2) is 6.27. The zero-order valence-corrected chi connectivity index (χ0v) is 9.74. The van der Waals surface area contributed by atoms with E-state index in [1.54, 1.807) is 6.07 Å². The average molecular weight is 246 g/mol. The summed E-state index contributed by atoms with van der Waals surface area (Å²) in [6, 6.07) is 5.56. The van der Waals surface area contributed by atoms with E-state index in [2.05, 4.69) is 11.2 Å².